The highest BCUT2D eigenvalue weighted by Crippen LogP contribution is 2.24. The highest BCUT2D eigenvalue weighted by Gasteiger charge is 2.26. The van der Waals surface area contributed by atoms with E-state index in [-0.39, 0.29) is 5.56 Å². The van der Waals surface area contributed by atoms with Gasteiger partial charge in [-0.2, -0.15) is 0 Å². The van der Waals surface area contributed by atoms with Crippen LogP contribution in [0.2, 0.25) is 0 Å². The van der Waals surface area contributed by atoms with E-state index in [1.54, 1.807) is 50.3 Å². The predicted octanol–water partition coefficient (Wildman–Crippen LogP) is 3.68. The average Bonchev–Trinajstić information content (AvgIpc) is 2.65. The van der Waals surface area contributed by atoms with Crippen molar-refractivity contribution in [3.05, 3.63) is 81.3 Å². The quantitative estimate of drug-likeness (QED) is 0.663. The van der Waals surface area contributed by atoms with Gasteiger partial charge in [0.2, 0.25) is 0 Å². The Labute approximate surface area is 144 Å². The molecule has 0 amide bonds. The summed E-state index contributed by atoms with van der Waals surface area (Å²) in [5, 5.41) is 9.89. The Balaban J connectivity index is 2.69. The molecule has 124 valence electrons. The van der Waals surface area contributed by atoms with Gasteiger partial charge < -0.3 is 9.94 Å². The SMILES string of the molecule is C=C/C(On1c2cccccc-2c(C(=O)O)c1=O)=C(C)\C=C(/C)Cl. The number of rotatable bonds is 5. The average molecular weight is 346 g/mol. The largest absolute Gasteiger partial charge is 0.477 e. The van der Waals surface area contributed by atoms with Crippen molar-refractivity contribution in [3.8, 4) is 11.3 Å². The first-order valence-corrected chi connectivity index (χ1v) is 7.47. The molecular formula is C18H16ClNO4. The third-order valence-corrected chi connectivity index (χ3v) is 3.40. The minimum absolute atomic E-state index is 0.294. The second-order valence-corrected chi connectivity index (χ2v) is 5.66. The summed E-state index contributed by atoms with van der Waals surface area (Å²) in [7, 11) is 0. The third kappa shape index (κ3) is 3.41. The molecule has 1 N–H and O–H groups in total. The van der Waals surface area contributed by atoms with Crippen molar-refractivity contribution in [2.45, 2.75) is 13.8 Å². The van der Waals surface area contributed by atoms with Crippen molar-refractivity contribution in [1.29, 1.82) is 0 Å². The van der Waals surface area contributed by atoms with Crippen LogP contribution >= 0.6 is 11.6 Å². The molecule has 1 aliphatic carbocycles. The summed E-state index contributed by atoms with van der Waals surface area (Å²) in [6, 6.07) is 8.26. The van der Waals surface area contributed by atoms with Gasteiger partial charge in [-0.15, -0.1) is 4.73 Å². The molecular weight excluding hydrogens is 330 g/mol. The zero-order valence-corrected chi connectivity index (χ0v) is 14.0. The second kappa shape index (κ2) is 7.19. The molecule has 0 unspecified atom stereocenters. The minimum Gasteiger partial charge on any atom is -0.477 e. The topological polar surface area (TPSA) is 68.5 Å². The standard InChI is InChI=1S/C18H16ClNO4/c1-4-15(11(2)10-12(3)19)24-20-14-9-7-5-6-8-13(14)16(17(20)21)18(22)23/h4-10H,1H2,2-3H3,(H,22,23)/b12-10+,15-11+. The number of halogens is 1. The number of hydrogen-bond donors (Lipinski definition) is 1. The molecule has 0 aromatic carbocycles. The van der Waals surface area contributed by atoms with Gasteiger partial charge in [-0.05, 0) is 37.6 Å². The maximum absolute atomic E-state index is 12.5. The summed E-state index contributed by atoms with van der Waals surface area (Å²) in [6.45, 7) is 7.12. The molecule has 0 aromatic heterocycles. The Kier molecular flexibility index (Phi) is 5.26. The number of aromatic carboxylic acids is 1. The molecule has 5 nitrogen and oxygen atoms in total. The van der Waals surface area contributed by atoms with Gasteiger partial charge in [0.05, 0.1) is 5.69 Å². The first-order valence-electron chi connectivity index (χ1n) is 7.09. The maximum atomic E-state index is 12.5. The van der Waals surface area contributed by atoms with Crippen LogP contribution in [0.3, 0.4) is 0 Å². The number of aromatic nitrogens is 1. The first kappa shape index (κ1) is 17.6. The summed E-state index contributed by atoms with van der Waals surface area (Å²) in [6.07, 6.45) is 3.09. The van der Waals surface area contributed by atoms with Crippen LogP contribution in [0.25, 0.3) is 11.3 Å². The van der Waals surface area contributed by atoms with Crippen LogP contribution in [0.5, 0.6) is 0 Å². The van der Waals surface area contributed by atoms with Gasteiger partial charge in [-0.1, -0.05) is 42.4 Å². The monoisotopic (exact) mass is 345 g/mol. The molecule has 2 rings (SSSR count). The van der Waals surface area contributed by atoms with Crippen molar-refractivity contribution in [1.82, 2.24) is 4.73 Å². The third-order valence-electron chi connectivity index (χ3n) is 3.29. The van der Waals surface area contributed by atoms with Crippen LogP contribution in [0, 0.1) is 0 Å². The van der Waals surface area contributed by atoms with Crippen LogP contribution in [-0.4, -0.2) is 15.8 Å². The van der Waals surface area contributed by atoms with E-state index >= 15 is 0 Å². The summed E-state index contributed by atoms with van der Waals surface area (Å²) in [4.78, 5) is 29.6. The fourth-order valence-electron chi connectivity index (χ4n) is 2.29. The van der Waals surface area contributed by atoms with Gasteiger partial charge in [0.25, 0.3) is 5.56 Å². The van der Waals surface area contributed by atoms with Crippen LogP contribution < -0.4 is 10.4 Å². The van der Waals surface area contributed by atoms with Gasteiger partial charge in [0.1, 0.15) is 5.56 Å². The molecule has 0 atom stereocenters. The molecule has 0 spiro atoms. The molecule has 0 aromatic rings. The van der Waals surface area contributed by atoms with Gasteiger partial charge in [-0.25, -0.2) is 4.79 Å². The molecule has 0 bridgehead atoms. The summed E-state index contributed by atoms with van der Waals surface area (Å²) >= 11 is 5.86. The number of carboxylic acids is 1. The number of fused-ring (bicyclic) bond motifs is 1. The molecule has 1 heterocycles. The van der Waals surface area contributed by atoms with Crippen molar-refractivity contribution < 1.29 is 14.7 Å². The van der Waals surface area contributed by atoms with E-state index in [4.69, 9.17) is 16.4 Å². The van der Waals surface area contributed by atoms with Gasteiger partial charge in [-0.3, -0.25) is 4.79 Å². The summed E-state index contributed by atoms with van der Waals surface area (Å²) in [5.74, 6) is -1.01. The molecule has 2 aliphatic rings. The highest BCUT2D eigenvalue weighted by molar-refractivity contribution is 6.29. The Morgan fingerprint density at radius 3 is 2.54 bits per heavy atom. The number of hydrogen-bond acceptors (Lipinski definition) is 3. The Morgan fingerprint density at radius 2 is 1.96 bits per heavy atom. The number of carbonyl (C=O) groups is 1. The van der Waals surface area contributed by atoms with Crippen LogP contribution in [0.1, 0.15) is 24.2 Å². The van der Waals surface area contributed by atoms with E-state index in [0.29, 0.717) is 27.6 Å². The molecule has 6 heteroatoms. The Hall–Kier alpha value is -2.79. The lowest BCUT2D eigenvalue weighted by atomic mass is 10.1. The lowest BCUT2D eigenvalue weighted by Gasteiger charge is -2.10. The second-order valence-electron chi connectivity index (χ2n) is 5.06. The molecule has 0 saturated heterocycles. The molecule has 0 radical (unpaired) electrons. The lowest BCUT2D eigenvalue weighted by Crippen LogP contribution is -2.26. The van der Waals surface area contributed by atoms with Crippen LogP contribution in [0.15, 0.2) is 70.2 Å². The summed E-state index contributed by atoms with van der Waals surface area (Å²) < 4.78 is 0.955. The first-order chi connectivity index (χ1) is 11.4. The maximum Gasteiger partial charge on any atom is 0.342 e. The van der Waals surface area contributed by atoms with Crippen molar-refractivity contribution in [2.24, 2.45) is 0 Å². The predicted molar refractivity (Wildman–Crippen MR) is 93.4 cm³/mol. The zero-order chi connectivity index (χ0) is 17.9. The highest BCUT2D eigenvalue weighted by atomic mass is 35.5. The molecule has 0 saturated carbocycles. The van der Waals surface area contributed by atoms with E-state index in [0.717, 1.165) is 4.73 Å². The van der Waals surface area contributed by atoms with E-state index in [1.807, 2.05) is 0 Å². The lowest BCUT2D eigenvalue weighted by molar-refractivity contribution is 0.0694. The van der Waals surface area contributed by atoms with Crippen LogP contribution in [-0.2, 0) is 0 Å². The van der Waals surface area contributed by atoms with Crippen molar-refractivity contribution in [2.75, 3.05) is 0 Å². The van der Waals surface area contributed by atoms with E-state index in [9.17, 15) is 14.7 Å². The van der Waals surface area contributed by atoms with Gasteiger partial charge in [0, 0.05) is 10.6 Å². The normalized spacial score (nSPS) is 12.7. The smallest absolute Gasteiger partial charge is 0.342 e. The van der Waals surface area contributed by atoms with E-state index in [2.05, 4.69) is 6.58 Å². The number of nitrogens with zero attached hydrogens (tertiary/aromatic N) is 1. The van der Waals surface area contributed by atoms with E-state index < -0.39 is 11.5 Å². The minimum atomic E-state index is -1.31. The Morgan fingerprint density at radius 1 is 1.29 bits per heavy atom. The van der Waals surface area contributed by atoms with Crippen molar-refractivity contribution in [3.63, 3.8) is 0 Å². The van der Waals surface area contributed by atoms with Crippen LogP contribution in [0.4, 0.5) is 0 Å². The van der Waals surface area contributed by atoms with E-state index in [1.165, 1.54) is 6.08 Å². The molecule has 1 aliphatic heterocycles. The molecule has 0 fully saturated rings. The van der Waals surface area contributed by atoms with Crippen molar-refractivity contribution >= 4 is 17.6 Å². The van der Waals surface area contributed by atoms with Gasteiger partial charge >= 0.3 is 5.97 Å². The number of carboxylic acid groups (broad SMARTS) is 1. The fourth-order valence-corrected chi connectivity index (χ4v) is 2.45. The molecule has 24 heavy (non-hydrogen) atoms. The zero-order valence-electron chi connectivity index (χ0n) is 13.2. The fraction of sp³-hybridized carbons (Fsp3) is 0.111. The Bertz CT molecular complexity index is 888. The number of allylic oxidation sites excluding steroid dienone is 4. The van der Waals surface area contributed by atoms with Gasteiger partial charge in [0.15, 0.2) is 5.76 Å². The summed E-state index contributed by atoms with van der Waals surface area (Å²) in [5.41, 5.74) is 0.202.